The molecule has 1 aliphatic carbocycles. The zero-order chi connectivity index (χ0) is 23.5. The Morgan fingerprint density at radius 3 is 2.73 bits per heavy atom. The number of nitrogens with zero attached hydrogens (tertiary/aromatic N) is 5. The molecule has 1 N–H and O–H groups in total. The van der Waals surface area contributed by atoms with Crippen LogP contribution in [0.5, 0.6) is 0 Å². The van der Waals surface area contributed by atoms with E-state index in [4.69, 9.17) is 4.98 Å². The molecule has 0 aromatic carbocycles. The summed E-state index contributed by atoms with van der Waals surface area (Å²) in [5.74, 6) is 0.244. The first kappa shape index (κ1) is 22.9. The van der Waals surface area contributed by atoms with Crippen molar-refractivity contribution in [1.82, 2.24) is 24.3 Å². The molecular formula is C23H28BrFN6OS. The summed E-state index contributed by atoms with van der Waals surface area (Å²) in [5.41, 5.74) is 3.29. The maximum Gasteiger partial charge on any atom is 0.172 e. The third kappa shape index (κ3) is 3.80. The third-order valence-electron chi connectivity index (χ3n) is 6.90. The van der Waals surface area contributed by atoms with E-state index >= 15 is 0 Å². The minimum Gasteiger partial charge on any atom is -0.355 e. The third-order valence-corrected chi connectivity index (χ3v) is 9.37. The molecule has 5 rings (SSSR count). The fourth-order valence-corrected chi connectivity index (χ4v) is 6.34. The molecule has 33 heavy (non-hydrogen) atoms. The number of anilines is 1. The second kappa shape index (κ2) is 8.09. The number of aryl methyl sites for hydroxylation is 1. The van der Waals surface area contributed by atoms with Crippen LogP contribution < -0.4 is 9.62 Å². The quantitative estimate of drug-likeness (QED) is 0.543. The van der Waals surface area contributed by atoms with Crippen LogP contribution in [0.2, 0.25) is 0 Å². The maximum absolute atomic E-state index is 14.6. The Balaban J connectivity index is 1.46. The van der Waals surface area contributed by atoms with Crippen LogP contribution in [-0.2, 0) is 17.4 Å². The molecule has 0 amide bonds. The Labute approximate surface area is 203 Å². The summed E-state index contributed by atoms with van der Waals surface area (Å²) in [6.45, 7) is 9.29. The van der Waals surface area contributed by atoms with E-state index < -0.39 is 11.0 Å². The Morgan fingerprint density at radius 1 is 1.30 bits per heavy atom. The Kier molecular flexibility index (Phi) is 5.61. The topological polar surface area (TPSA) is 75.4 Å². The molecule has 2 atom stereocenters. The Hall–Kier alpha value is -1.91. The Morgan fingerprint density at radius 2 is 2.03 bits per heavy atom. The lowest BCUT2D eigenvalue weighted by Gasteiger charge is -2.44. The fraction of sp³-hybridized carbons (Fsp3) is 0.522. The van der Waals surface area contributed by atoms with Crippen molar-refractivity contribution in [2.45, 2.75) is 57.7 Å². The van der Waals surface area contributed by atoms with Crippen molar-refractivity contribution in [3.63, 3.8) is 0 Å². The van der Waals surface area contributed by atoms with Gasteiger partial charge in [0, 0.05) is 25.0 Å². The number of aromatic nitrogens is 4. The largest absolute Gasteiger partial charge is 0.355 e. The van der Waals surface area contributed by atoms with Gasteiger partial charge in [0.05, 0.1) is 33.7 Å². The van der Waals surface area contributed by atoms with Crippen LogP contribution in [0.25, 0.3) is 5.52 Å². The molecule has 1 aliphatic heterocycles. The van der Waals surface area contributed by atoms with Crippen molar-refractivity contribution in [1.29, 1.82) is 0 Å². The summed E-state index contributed by atoms with van der Waals surface area (Å²) in [5, 5.41) is 4.18. The molecule has 4 heterocycles. The highest BCUT2D eigenvalue weighted by molar-refractivity contribution is 9.10. The first-order valence-electron chi connectivity index (χ1n) is 11.2. The van der Waals surface area contributed by atoms with Gasteiger partial charge in [0.2, 0.25) is 0 Å². The van der Waals surface area contributed by atoms with Gasteiger partial charge in [-0.1, -0.05) is 6.07 Å². The lowest BCUT2D eigenvalue weighted by molar-refractivity contribution is 0.177. The minimum absolute atomic E-state index is 0.0326. The number of halogens is 2. The number of hydrogen-bond donors (Lipinski definition) is 1. The van der Waals surface area contributed by atoms with E-state index in [1.54, 1.807) is 4.52 Å². The maximum atomic E-state index is 14.6. The van der Waals surface area contributed by atoms with Gasteiger partial charge in [0.15, 0.2) is 11.6 Å². The van der Waals surface area contributed by atoms with Gasteiger partial charge in [0.25, 0.3) is 0 Å². The van der Waals surface area contributed by atoms with E-state index in [0.717, 1.165) is 49.3 Å². The zero-order valence-corrected chi connectivity index (χ0v) is 21.6. The van der Waals surface area contributed by atoms with E-state index in [2.05, 4.69) is 41.7 Å². The van der Waals surface area contributed by atoms with Crippen LogP contribution in [0.1, 0.15) is 56.6 Å². The average Bonchev–Trinajstić information content (AvgIpc) is 3.29. The highest BCUT2D eigenvalue weighted by atomic mass is 79.9. The van der Waals surface area contributed by atoms with Crippen molar-refractivity contribution >= 4 is 38.3 Å². The summed E-state index contributed by atoms with van der Waals surface area (Å²) < 4.78 is 33.0. The number of nitrogens with one attached hydrogen (secondary N) is 1. The second-order valence-electron chi connectivity index (χ2n) is 10.1. The zero-order valence-electron chi connectivity index (χ0n) is 19.2. The first-order chi connectivity index (χ1) is 15.6. The Bertz CT molecular complexity index is 1250. The predicted molar refractivity (Wildman–Crippen MR) is 131 cm³/mol. The molecule has 1 saturated heterocycles. The standard InChI is InChI=1S/C23H28BrFN6OS/c1-14-20(24)31-18(16(25)13-27-31)21(28-14)30-10-7-23(8-11-30)12-17-15(6-5-9-26-17)19(23)29-33(32)22(2,3)4/h5-6,9,13,19,29H,7-8,10-12H2,1-4H3/t19-,33?/m1/s1. The van der Waals surface area contributed by atoms with E-state index in [1.807, 2.05) is 40.0 Å². The molecule has 2 aliphatic rings. The molecule has 176 valence electrons. The molecule has 0 bridgehead atoms. The van der Waals surface area contributed by atoms with Gasteiger partial charge in [0.1, 0.15) is 10.1 Å². The van der Waals surface area contributed by atoms with Gasteiger partial charge in [-0.05, 0) is 79.9 Å². The number of fused-ring (bicyclic) bond motifs is 2. The molecule has 3 aromatic heterocycles. The van der Waals surface area contributed by atoms with Crippen LogP contribution >= 0.6 is 15.9 Å². The smallest absolute Gasteiger partial charge is 0.172 e. The summed E-state index contributed by atoms with van der Waals surface area (Å²) in [4.78, 5) is 11.5. The molecule has 7 nitrogen and oxygen atoms in total. The van der Waals surface area contributed by atoms with E-state index in [9.17, 15) is 8.60 Å². The highest BCUT2D eigenvalue weighted by Crippen LogP contribution is 2.52. The summed E-state index contributed by atoms with van der Waals surface area (Å²) in [7, 11) is -1.20. The first-order valence-corrected chi connectivity index (χ1v) is 13.1. The molecule has 1 spiro atoms. The number of piperidine rings is 1. The van der Waals surface area contributed by atoms with Crippen LogP contribution in [0, 0.1) is 18.2 Å². The molecular weight excluding hydrogens is 507 g/mol. The lowest BCUT2D eigenvalue weighted by atomic mass is 9.73. The highest BCUT2D eigenvalue weighted by Gasteiger charge is 2.49. The van der Waals surface area contributed by atoms with Gasteiger partial charge >= 0.3 is 0 Å². The average molecular weight is 535 g/mol. The predicted octanol–water partition coefficient (Wildman–Crippen LogP) is 4.27. The van der Waals surface area contributed by atoms with Crippen molar-refractivity contribution in [2.24, 2.45) is 5.41 Å². The number of rotatable bonds is 3. The number of pyridine rings is 1. The normalized spacial score (nSPS) is 21.0. The molecule has 1 unspecified atom stereocenters. The monoisotopic (exact) mass is 534 g/mol. The summed E-state index contributed by atoms with van der Waals surface area (Å²) in [6, 6.07) is 4.02. The van der Waals surface area contributed by atoms with Gasteiger partial charge in [-0.25, -0.2) is 22.8 Å². The second-order valence-corrected chi connectivity index (χ2v) is 12.8. The van der Waals surface area contributed by atoms with Gasteiger partial charge in [-0.2, -0.15) is 5.10 Å². The summed E-state index contributed by atoms with van der Waals surface area (Å²) in [6.07, 6.45) is 5.64. The molecule has 3 aromatic rings. The van der Waals surface area contributed by atoms with Crippen LogP contribution in [-0.4, -0.2) is 41.6 Å². The van der Waals surface area contributed by atoms with Gasteiger partial charge < -0.3 is 4.90 Å². The van der Waals surface area contributed by atoms with Crippen LogP contribution in [0.4, 0.5) is 10.2 Å². The minimum atomic E-state index is -1.20. The SMILES string of the molecule is Cc1nc(N2CCC3(CC2)Cc2ncccc2[C@H]3NS(=O)C(C)(C)C)c2c(F)cnn2c1Br. The van der Waals surface area contributed by atoms with Crippen LogP contribution in [0.15, 0.2) is 29.1 Å². The molecule has 1 fully saturated rings. The van der Waals surface area contributed by atoms with Crippen molar-refractivity contribution in [3.05, 3.63) is 51.9 Å². The summed E-state index contributed by atoms with van der Waals surface area (Å²) >= 11 is 3.47. The van der Waals surface area contributed by atoms with Gasteiger partial charge in [-0.3, -0.25) is 4.98 Å². The van der Waals surface area contributed by atoms with Gasteiger partial charge in [-0.15, -0.1) is 0 Å². The fourth-order valence-electron chi connectivity index (χ4n) is 5.04. The lowest BCUT2D eigenvalue weighted by Crippen LogP contribution is -2.48. The molecule has 0 saturated carbocycles. The van der Waals surface area contributed by atoms with E-state index in [1.165, 1.54) is 6.20 Å². The van der Waals surface area contributed by atoms with Crippen molar-refractivity contribution < 1.29 is 8.60 Å². The number of hydrogen-bond acceptors (Lipinski definition) is 5. The van der Waals surface area contributed by atoms with E-state index in [0.29, 0.717) is 15.9 Å². The van der Waals surface area contributed by atoms with Crippen molar-refractivity contribution in [3.8, 4) is 0 Å². The van der Waals surface area contributed by atoms with Crippen molar-refractivity contribution in [2.75, 3.05) is 18.0 Å². The molecule has 0 radical (unpaired) electrons. The molecule has 10 heteroatoms. The van der Waals surface area contributed by atoms with Crippen LogP contribution in [0.3, 0.4) is 0 Å². The van der Waals surface area contributed by atoms with E-state index in [-0.39, 0.29) is 22.0 Å².